The molecule has 0 radical (unpaired) electrons. The van der Waals surface area contributed by atoms with E-state index >= 15 is 0 Å². The maximum Gasteiger partial charge on any atom is 0.334 e. The molecule has 8 heteroatoms. The second-order valence-electron chi connectivity index (χ2n) is 11.3. The smallest absolute Gasteiger partial charge is 0.334 e. The minimum Gasteiger partial charge on any atom is -0.466 e. The predicted octanol–water partition coefficient (Wildman–Crippen LogP) is 5.37. The molecular formula is C34H31NO6S. The first-order chi connectivity index (χ1) is 20.2. The van der Waals surface area contributed by atoms with E-state index in [2.05, 4.69) is 0 Å². The molecular weight excluding hydrogens is 550 g/mol. The van der Waals surface area contributed by atoms with Crippen molar-refractivity contribution in [1.82, 2.24) is 4.90 Å². The largest absolute Gasteiger partial charge is 0.466 e. The molecule has 1 aliphatic carbocycles. The lowest BCUT2D eigenvalue weighted by atomic mass is 9.63. The van der Waals surface area contributed by atoms with Crippen molar-refractivity contribution >= 4 is 35.4 Å². The molecule has 214 valence electrons. The van der Waals surface area contributed by atoms with E-state index in [9.17, 15) is 19.2 Å². The highest BCUT2D eigenvalue weighted by atomic mass is 32.2. The Morgan fingerprint density at radius 2 is 1.43 bits per heavy atom. The molecule has 0 saturated carbocycles. The number of allylic oxidation sites excluding steroid dienone is 1. The van der Waals surface area contributed by atoms with Gasteiger partial charge in [-0.3, -0.25) is 9.59 Å². The summed E-state index contributed by atoms with van der Waals surface area (Å²) in [4.78, 5) is 56.8. The molecule has 7 nitrogen and oxygen atoms in total. The van der Waals surface area contributed by atoms with Gasteiger partial charge in [0.15, 0.2) is 11.9 Å². The van der Waals surface area contributed by atoms with Gasteiger partial charge < -0.3 is 14.4 Å². The van der Waals surface area contributed by atoms with Crippen LogP contribution in [-0.2, 0) is 23.9 Å². The molecule has 2 saturated heterocycles. The molecule has 2 unspecified atom stereocenters. The number of thioether (sulfide) groups is 1. The molecule has 2 aliphatic heterocycles. The number of carbonyl (C=O) groups excluding carboxylic acids is 4. The number of hydrogen-bond donors (Lipinski definition) is 0. The number of benzene rings is 3. The summed E-state index contributed by atoms with van der Waals surface area (Å²) in [5.74, 6) is -2.60. The fourth-order valence-corrected chi connectivity index (χ4v) is 8.48. The van der Waals surface area contributed by atoms with Crippen LogP contribution >= 0.6 is 11.8 Å². The predicted molar refractivity (Wildman–Crippen MR) is 158 cm³/mol. The van der Waals surface area contributed by atoms with Gasteiger partial charge in [-0.2, -0.15) is 0 Å². The SMILES string of the molecule is COC(=O)C1=CCC(C(=O)c2ccccc2)C12C(=O)N1[C@@H](C(=O)OC(c3ccccc3)c3ccccc3)C(C)(C)S[C@@H]12. The number of amides is 1. The lowest BCUT2D eigenvalue weighted by Crippen LogP contribution is -2.72. The Bertz CT molecular complexity index is 1530. The summed E-state index contributed by atoms with van der Waals surface area (Å²) < 4.78 is 10.5. The number of rotatable bonds is 7. The summed E-state index contributed by atoms with van der Waals surface area (Å²) in [6, 6.07) is 26.8. The van der Waals surface area contributed by atoms with E-state index in [0.29, 0.717) is 5.56 Å². The van der Waals surface area contributed by atoms with Crippen molar-refractivity contribution in [2.45, 2.75) is 42.5 Å². The summed E-state index contributed by atoms with van der Waals surface area (Å²) in [5, 5.41) is -0.616. The number of methoxy groups -OCH3 is 1. The van der Waals surface area contributed by atoms with Crippen LogP contribution in [-0.4, -0.2) is 51.8 Å². The first kappa shape index (κ1) is 28.0. The molecule has 42 heavy (non-hydrogen) atoms. The molecule has 3 aromatic carbocycles. The molecule has 1 spiro atoms. The van der Waals surface area contributed by atoms with E-state index in [1.54, 1.807) is 30.3 Å². The van der Waals surface area contributed by atoms with Gasteiger partial charge in [0.05, 0.1) is 18.1 Å². The third kappa shape index (κ3) is 4.19. The Morgan fingerprint density at radius 1 is 0.881 bits per heavy atom. The highest BCUT2D eigenvalue weighted by Gasteiger charge is 2.77. The average molecular weight is 582 g/mol. The topological polar surface area (TPSA) is 90.0 Å². The van der Waals surface area contributed by atoms with Gasteiger partial charge in [-0.25, -0.2) is 9.59 Å². The molecule has 0 N–H and O–H groups in total. The van der Waals surface area contributed by atoms with E-state index in [1.807, 2.05) is 80.6 Å². The van der Waals surface area contributed by atoms with Crippen molar-refractivity contribution in [3.05, 3.63) is 119 Å². The maximum atomic E-state index is 14.4. The average Bonchev–Trinajstić information content (AvgIpc) is 3.55. The minimum atomic E-state index is -1.42. The minimum absolute atomic E-state index is 0.189. The van der Waals surface area contributed by atoms with Gasteiger partial charge in [-0.1, -0.05) is 97.1 Å². The van der Waals surface area contributed by atoms with Gasteiger partial charge in [0.2, 0.25) is 5.91 Å². The molecule has 4 atom stereocenters. The van der Waals surface area contributed by atoms with Gasteiger partial charge in [-0.15, -0.1) is 11.8 Å². The van der Waals surface area contributed by atoms with Crippen LogP contribution in [0.5, 0.6) is 0 Å². The second kappa shape index (κ2) is 10.6. The van der Waals surface area contributed by atoms with Crippen LogP contribution in [0.3, 0.4) is 0 Å². The molecule has 6 rings (SSSR count). The van der Waals surface area contributed by atoms with E-state index < -0.39 is 51.4 Å². The Labute approximate surface area is 248 Å². The number of esters is 2. The number of carbonyl (C=O) groups is 4. The first-order valence-corrected chi connectivity index (χ1v) is 14.8. The summed E-state index contributed by atoms with van der Waals surface area (Å²) in [7, 11) is 1.27. The van der Waals surface area contributed by atoms with Gasteiger partial charge in [-0.05, 0) is 31.4 Å². The van der Waals surface area contributed by atoms with Crippen molar-refractivity contribution in [1.29, 1.82) is 0 Å². The molecule has 1 amide bonds. The highest BCUT2D eigenvalue weighted by molar-refractivity contribution is 8.01. The standard InChI is InChI=1S/C34H31NO6S/c1-33(2)28(30(38)41-27(22-15-9-5-10-16-22)23-17-11-6-12-18-23)35-31(39)34(32(35)42-33)24(19-20-25(34)29(37)40-3)26(36)21-13-7-4-8-14-21/h4-18,20,24,27-28,32H,19H2,1-3H3/t24?,28-,32+,34?/m0/s1. The fraction of sp³-hybridized carbons (Fsp3) is 0.294. The molecule has 2 fully saturated rings. The second-order valence-corrected chi connectivity index (χ2v) is 13.1. The zero-order valence-electron chi connectivity index (χ0n) is 23.6. The summed E-state index contributed by atoms with van der Waals surface area (Å²) in [6.07, 6.45) is 1.22. The van der Waals surface area contributed by atoms with Gasteiger partial charge in [0, 0.05) is 16.2 Å². The Hall–Kier alpha value is -4.17. The van der Waals surface area contributed by atoms with Crippen LogP contribution < -0.4 is 0 Å². The molecule has 0 bridgehead atoms. The monoisotopic (exact) mass is 581 g/mol. The summed E-state index contributed by atoms with van der Waals surface area (Å²) in [5.41, 5.74) is 0.857. The normalized spacial score (nSPS) is 25.5. The van der Waals surface area contributed by atoms with Crippen molar-refractivity contribution in [3.63, 3.8) is 0 Å². The number of ketones is 1. The zero-order chi connectivity index (χ0) is 29.6. The van der Waals surface area contributed by atoms with Crippen LogP contribution in [0.1, 0.15) is 47.9 Å². The van der Waals surface area contributed by atoms with Crippen molar-refractivity contribution in [3.8, 4) is 0 Å². The quantitative estimate of drug-likeness (QED) is 0.211. The van der Waals surface area contributed by atoms with Gasteiger partial charge in [0.25, 0.3) is 0 Å². The Morgan fingerprint density at radius 3 is 1.98 bits per heavy atom. The Balaban J connectivity index is 1.36. The van der Waals surface area contributed by atoms with Crippen LogP contribution in [0.4, 0.5) is 0 Å². The van der Waals surface area contributed by atoms with Crippen molar-refractivity contribution in [2.75, 3.05) is 7.11 Å². The number of hydrogen-bond acceptors (Lipinski definition) is 7. The van der Waals surface area contributed by atoms with Crippen LogP contribution in [0.2, 0.25) is 0 Å². The summed E-state index contributed by atoms with van der Waals surface area (Å²) in [6.45, 7) is 3.79. The van der Waals surface area contributed by atoms with Gasteiger partial charge >= 0.3 is 11.9 Å². The number of Topliss-reactive ketones (excluding diaryl/α,β-unsaturated/α-hetero) is 1. The zero-order valence-corrected chi connectivity index (χ0v) is 24.4. The number of ether oxygens (including phenoxy) is 2. The third-order valence-corrected chi connectivity index (χ3v) is 10.2. The van der Waals surface area contributed by atoms with E-state index in [1.165, 1.54) is 23.8 Å². The van der Waals surface area contributed by atoms with Crippen LogP contribution in [0, 0.1) is 11.3 Å². The van der Waals surface area contributed by atoms with Crippen molar-refractivity contribution < 1.29 is 28.7 Å². The molecule has 2 heterocycles. The lowest BCUT2D eigenvalue weighted by Gasteiger charge is -2.54. The van der Waals surface area contributed by atoms with Gasteiger partial charge in [0.1, 0.15) is 11.5 Å². The number of nitrogens with zero attached hydrogens (tertiary/aromatic N) is 1. The third-order valence-electron chi connectivity index (χ3n) is 8.58. The first-order valence-electron chi connectivity index (χ1n) is 13.9. The van der Waals surface area contributed by atoms with E-state index in [-0.39, 0.29) is 17.8 Å². The summed E-state index contributed by atoms with van der Waals surface area (Å²) >= 11 is 1.42. The number of fused-ring (bicyclic) bond motifs is 2. The lowest BCUT2D eigenvalue weighted by molar-refractivity contribution is -0.178. The van der Waals surface area contributed by atoms with Crippen LogP contribution in [0.15, 0.2) is 103 Å². The fourth-order valence-electron chi connectivity index (χ4n) is 6.66. The molecule has 0 aromatic heterocycles. The molecule has 3 aromatic rings. The maximum absolute atomic E-state index is 14.4. The van der Waals surface area contributed by atoms with E-state index in [0.717, 1.165) is 11.1 Å². The van der Waals surface area contributed by atoms with Crippen LogP contribution in [0.25, 0.3) is 0 Å². The van der Waals surface area contributed by atoms with Crippen molar-refractivity contribution in [2.24, 2.45) is 11.3 Å². The number of β-lactam (4-membered cyclic amide) rings is 1. The molecule has 3 aliphatic rings. The highest BCUT2D eigenvalue weighted by Crippen LogP contribution is 2.67. The van der Waals surface area contributed by atoms with E-state index in [4.69, 9.17) is 9.47 Å². The Kier molecular flexibility index (Phi) is 7.05.